The van der Waals surface area contributed by atoms with E-state index in [2.05, 4.69) is 5.32 Å². The van der Waals surface area contributed by atoms with Crippen molar-refractivity contribution in [1.82, 2.24) is 15.1 Å². The number of fused-ring (bicyclic) bond motifs is 2. The van der Waals surface area contributed by atoms with Crippen LogP contribution < -0.4 is 11.1 Å². The molecule has 1 aliphatic carbocycles. The molecule has 3 N–H and O–H groups in total. The van der Waals surface area contributed by atoms with Crippen molar-refractivity contribution in [2.24, 2.45) is 11.1 Å². The molecule has 1 heterocycles. The maximum absolute atomic E-state index is 13.1. The number of hydrogen-bond donors (Lipinski definition) is 2. The van der Waals surface area contributed by atoms with Gasteiger partial charge in [-0.25, -0.2) is 4.79 Å². The van der Waals surface area contributed by atoms with Gasteiger partial charge in [-0.2, -0.15) is 0 Å². The summed E-state index contributed by atoms with van der Waals surface area (Å²) >= 11 is 0. The number of nitrogens with two attached hydrogens (primary N) is 1. The van der Waals surface area contributed by atoms with Crippen LogP contribution in [0.15, 0.2) is 24.3 Å². The Bertz CT molecular complexity index is 767. The number of likely N-dealkylation sites (N-methyl/N-ethyl adjacent to an activating group) is 1. The second kappa shape index (κ2) is 7.48. The highest BCUT2D eigenvalue weighted by Crippen LogP contribution is 2.41. The molecule has 1 unspecified atom stereocenters. The fourth-order valence-corrected chi connectivity index (χ4v) is 3.78. The number of halogens is 1. The number of benzene rings is 1. The Morgan fingerprint density at radius 2 is 2.00 bits per heavy atom. The molecule has 1 saturated heterocycles. The molecule has 8 heteroatoms. The average molecular weight is 395 g/mol. The van der Waals surface area contributed by atoms with Crippen LogP contribution >= 0.6 is 12.4 Å². The van der Waals surface area contributed by atoms with Gasteiger partial charge in [-0.05, 0) is 35.9 Å². The summed E-state index contributed by atoms with van der Waals surface area (Å²) in [4.78, 5) is 40.6. The fourth-order valence-electron chi connectivity index (χ4n) is 3.78. The van der Waals surface area contributed by atoms with E-state index in [4.69, 9.17) is 5.73 Å². The van der Waals surface area contributed by atoms with Gasteiger partial charge in [0, 0.05) is 13.6 Å². The molecule has 2 aliphatic rings. The molecular formula is C19H27ClN4O3. The lowest BCUT2D eigenvalue weighted by Gasteiger charge is -2.30. The first-order valence-electron chi connectivity index (χ1n) is 8.87. The number of nitrogens with zero attached hydrogens (tertiary/aromatic N) is 2. The van der Waals surface area contributed by atoms with Crippen LogP contribution in [0.5, 0.6) is 0 Å². The van der Waals surface area contributed by atoms with E-state index in [0.717, 1.165) is 22.4 Å². The predicted molar refractivity (Wildman–Crippen MR) is 104 cm³/mol. The van der Waals surface area contributed by atoms with E-state index in [1.54, 1.807) is 7.05 Å². The highest BCUT2D eigenvalue weighted by atomic mass is 35.5. The molecule has 0 bridgehead atoms. The molecule has 3 rings (SSSR count). The molecule has 27 heavy (non-hydrogen) atoms. The Kier molecular flexibility index (Phi) is 5.87. The van der Waals surface area contributed by atoms with Gasteiger partial charge in [-0.1, -0.05) is 38.1 Å². The maximum Gasteiger partial charge on any atom is 0.325 e. The van der Waals surface area contributed by atoms with E-state index in [1.165, 1.54) is 4.90 Å². The number of amides is 4. The van der Waals surface area contributed by atoms with Crippen LogP contribution in [0.1, 0.15) is 31.4 Å². The summed E-state index contributed by atoms with van der Waals surface area (Å²) in [7, 11) is 1.67. The lowest BCUT2D eigenvalue weighted by atomic mass is 9.92. The number of carbonyl (C=O) groups is 3. The van der Waals surface area contributed by atoms with E-state index in [0.29, 0.717) is 19.5 Å². The largest absolute Gasteiger partial charge is 0.344 e. The summed E-state index contributed by atoms with van der Waals surface area (Å²) < 4.78 is 0. The minimum Gasteiger partial charge on any atom is -0.344 e. The zero-order valence-electron chi connectivity index (χ0n) is 15.9. The van der Waals surface area contributed by atoms with E-state index in [9.17, 15) is 14.4 Å². The lowest BCUT2D eigenvalue weighted by molar-refractivity contribution is -0.139. The zero-order chi connectivity index (χ0) is 19.1. The van der Waals surface area contributed by atoms with Crippen LogP contribution in [-0.4, -0.2) is 54.3 Å². The van der Waals surface area contributed by atoms with Gasteiger partial charge >= 0.3 is 6.03 Å². The number of rotatable bonds is 5. The molecule has 1 aromatic carbocycles. The molecule has 0 aromatic heterocycles. The molecule has 1 aromatic rings. The van der Waals surface area contributed by atoms with Crippen molar-refractivity contribution >= 4 is 30.3 Å². The van der Waals surface area contributed by atoms with E-state index in [1.807, 2.05) is 38.1 Å². The number of nitrogens with one attached hydrogen (secondary N) is 1. The van der Waals surface area contributed by atoms with Crippen LogP contribution in [0.3, 0.4) is 0 Å². The highest BCUT2D eigenvalue weighted by molar-refractivity contribution is 6.09. The SMILES string of the molecule is CN(CC(C)(C)CN)C(=O)CN1C(=O)NC2(CCc3ccccc32)C1=O.Cl. The Morgan fingerprint density at radius 3 is 2.67 bits per heavy atom. The van der Waals surface area contributed by atoms with Gasteiger partial charge in [0.2, 0.25) is 5.91 Å². The van der Waals surface area contributed by atoms with Crippen molar-refractivity contribution in [1.29, 1.82) is 0 Å². The summed E-state index contributed by atoms with van der Waals surface area (Å²) in [6.45, 7) is 4.57. The second-order valence-corrected chi connectivity index (χ2v) is 8.00. The van der Waals surface area contributed by atoms with E-state index in [-0.39, 0.29) is 36.2 Å². The third-order valence-corrected chi connectivity index (χ3v) is 5.36. The first kappa shape index (κ1) is 21.2. The third-order valence-electron chi connectivity index (χ3n) is 5.36. The standard InChI is InChI=1S/C19H26N4O3.ClH/c1-18(2,11-20)12-22(3)15(24)10-23-16(25)19(21-17(23)26)9-8-13-6-4-5-7-14(13)19;/h4-7H,8-12,20H2,1-3H3,(H,21,26);1H. The Labute approximate surface area is 165 Å². The highest BCUT2D eigenvalue weighted by Gasteiger charge is 2.55. The molecule has 1 aliphatic heterocycles. The van der Waals surface area contributed by atoms with Gasteiger partial charge < -0.3 is 16.0 Å². The van der Waals surface area contributed by atoms with E-state index < -0.39 is 11.6 Å². The molecule has 1 atom stereocenters. The van der Waals surface area contributed by atoms with Crippen LogP contribution in [-0.2, 0) is 21.5 Å². The number of aryl methyl sites for hydroxylation is 1. The van der Waals surface area contributed by atoms with Gasteiger partial charge in [0.05, 0.1) is 0 Å². The number of urea groups is 1. The fraction of sp³-hybridized carbons (Fsp3) is 0.526. The summed E-state index contributed by atoms with van der Waals surface area (Å²) in [5.74, 6) is -0.620. The smallest absolute Gasteiger partial charge is 0.325 e. The quantitative estimate of drug-likeness (QED) is 0.734. The Morgan fingerprint density at radius 1 is 1.33 bits per heavy atom. The van der Waals surface area contributed by atoms with E-state index >= 15 is 0 Å². The third kappa shape index (κ3) is 3.66. The van der Waals surface area contributed by atoms with Crippen molar-refractivity contribution in [3.63, 3.8) is 0 Å². The minimum absolute atomic E-state index is 0. The number of carbonyl (C=O) groups excluding carboxylic acids is 3. The van der Waals surface area contributed by atoms with Crippen molar-refractivity contribution in [3.8, 4) is 0 Å². The van der Waals surface area contributed by atoms with Gasteiger partial charge in [-0.15, -0.1) is 12.4 Å². The molecule has 148 valence electrons. The molecule has 7 nitrogen and oxygen atoms in total. The van der Waals surface area contributed by atoms with Gasteiger partial charge in [-0.3, -0.25) is 14.5 Å². The summed E-state index contributed by atoms with van der Waals surface area (Å²) in [6.07, 6.45) is 1.26. The zero-order valence-corrected chi connectivity index (χ0v) is 16.8. The predicted octanol–water partition coefficient (Wildman–Crippen LogP) is 1.25. The monoisotopic (exact) mass is 394 g/mol. The Hall–Kier alpha value is -2.12. The normalized spacial score (nSPS) is 21.1. The van der Waals surface area contributed by atoms with Crippen LogP contribution in [0, 0.1) is 5.41 Å². The molecule has 1 fully saturated rings. The van der Waals surface area contributed by atoms with Crippen LogP contribution in [0.4, 0.5) is 4.79 Å². The van der Waals surface area contributed by atoms with Crippen molar-refractivity contribution < 1.29 is 14.4 Å². The van der Waals surface area contributed by atoms with Crippen LogP contribution in [0.25, 0.3) is 0 Å². The molecule has 4 amide bonds. The Balaban J connectivity index is 0.00000261. The molecule has 1 spiro atoms. The summed E-state index contributed by atoms with van der Waals surface area (Å²) in [5, 5.41) is 2.84. The lowest BCUT2D eigenvalue weighted by Crippen LogP contribution is -2.46. The summed E-state index contributed by atoms with van der Waals surface area (Å²) in [5.41, 5.74) is 6.37. The average Bonchev–Trinajstić information content (AvgIpc) is 3.08. The van der Waals surface area contributed by atoms with Gasteiger partial charge in [0.1, 0.15) is 12.1 Å². The topological polar surface area (TPSA) is 95.7 Å². The van der Waals surface area contributed by atoms with Crippen LogP contribution in [0.2, 0.25) is 0 Å². The maximum atomic E-state index is 13.1. The van der Waals surface area contributed by atoms with Crippen molar-refractivity contribution in [3.05, 3.63) is 35.4 Å². The second-order valence-electron chi connectivity index (χ2n) is 8.00. The van der Waals surface area contributed by atoms with Gasteiger partial charge in [0.15, 0.2) is 0 Å². The van der Waals surface area contributed by atoms with Gasteiger partial charge in [0.25, 0.3) is 5.91 Å². The summed E-state index contributed by atoms with van der Waals surface area (Å²) in [6, 6.07) is 7.13. The first-order valence-corrected chi connectivity index (χ1v) is 8.87. The number of imide groups is 1. The first-order chi connectivity index (χ1) is 12.2. The molecular weight excluding hydrogens is 368 g/mol. The van der Waals surface area contributed by atoms with Crippen molar-refractivity contribution in [2.45, 2.75) is 32.2 Å². The van der Waals surface area contributed by atoms with Crippen molar-refractivity contribution in [2.75, 3.05) is 26.7 Å². The minimum atomic E-state index is -1.02. The number of hydrogen-bond acceptors (Lipinski definition) is 4. The molecule has 0 radical (unpaired) electrons. The molecule has 0 saturated carbocycles.